The maximum Gasteiger partial charge on any atom is 0.262 e. The highest BCUT2D eigenvalue weighted by Crippen LogP contribution is 2.23. The van der Waals surface area contributed by atoms with Crippen LogP contribution in [0.3, 0.4) is 0 Å². The molecule has 0 unspecified atom stereocenters. The van der Waals surface area contributed by atoms with Crippen LogP contribution in [0.25, 0.3) is 0 Å². The summed E-state index contributed by atoms with van der Waals surface area (Å²) in [4.78, 5) is 37.1. The quantitative estimate of drug-likeness (QED) is 0.619. The normalized spacial score (nSPS) is 13.5. The van der Waals surface area contributed by atoms with Gasteiger partial charge < -0.3 is 10.1 Å². The molecule has 0 saturated heterocycles. The second-order valence-electron chi connectivity index (χ2n) is 4.94. The Labute approximate surface area is 123 Å². The average molecular weight is 290 g/mol. The molecule has 2 rings (SSSR count). The van der Waals surface area contributed by atoms with Gasteiger partial charge in [-0.15, -0.1) is 0 Å². The van der Waals surface area contributed by atoms with Gasteiger partial charge in [0.15, 0.2) is 0 Å². The smallest absolute Gasteiger partial charge is 0.262 e. The maximum atomic E-state index is 12.2. The van der Waals surface area contributed by atoms with Gasteiger partial charge in [-0.25, -0.2) is 0 Å². The zero-order chi connectivity index (χ0) is 15.4. The summed E-state index contributed by atoms with van der Waals surface area (Å²) in [5, 5.41) is 2.66. The van der Waals surface area contributed by atoms with E-state index in [4.69, 9.17) is 4.74 Å². The molecular formula is C15H18N2O4. The topological polar surface area (TPSA) is 75.7 Å². The van der Waals surface area contributed by atoms with Crippen LogP contribution in [0.1, 0.15) is 32.7 Å². The van der Waals surface area contributed by atoms with Crippen molar-refractivity contribution in [3.63, 3.8) is 0 Å². The van der Waals surface area contributed by atoms with Crippen molar-refractivity contribution in [3.05, 3.63) is 34.9 Å². The summed E-state index contributed by atoms with van der Waals surface area (Å²) in [6.45, 7) is 2.60. The number of benzene rings is 1. The van der Waals surface area contributed by atoms with Crippen molar-refractivity contribution in [2.75, 3.05) is 26.8 Å². The van der Waals surface area contributed by atoms with E-state index in [-0.39, 0.29) is 12.5 Å². The SMILES string of the molecule is COCCCNC(=O)CN1C(=O)c2ccc(C)cc2C1=O. The van der Waals surface area contributed by atoms with Crippen molar-refractivity contribution in [2.45, 2.75) is 13.3 Å². The lowest BCUT2D eigenvalue weighted by molar-refractivity contribution is -0.121. The van der Waals surface area contributed by atoms with E-state index in [2.05, 4.69) is 5.32 Å². The number of fused-ring (bicyclic) bond motifs is 1. The molecule has 1 aliphatic heterocycles. The Bertz CT molecular complexity index is 583. The fraction of sp³-hybridized carbons (Fsp3) is 0.400. The van der Waals surface area contributed by atoms with Gasteiger partial charge in [0.1, 0.15) is 6.54 Å². The van der Waals surface area contributed by atoms with E-state index >= 15 is 0 Å². The summed E-state index contributed by atoms with van der Waals surface area (Å²) in [5.74, 6) is -1.18. The minimum Gasteiger partial charge on any atom is -0.385 e. The van der Waals surface area contributed by atoms with Crippen LogP contribution in [0, 0.1) is 6.92 Å². The summed E-state index contributed by atoms with van der Waals surface area (Å²) >= 11 is 0. The summed E-state index contributed by atoms with van der Waals surface area (Å²) in [6.07, 6.45) is 0.684. The van der Waals surface area contributed by atoms with Gasteiger partial charge in [0.2, 0.25) is 5.91 Å². The highest BCUT2D eigenvalue weighted by Gasteiger charge is 2.36. The van der Waals surface area contributed by atoms with Crippen LogP contribution in [0.2, 0.25) is 0 Å². The number of rotatable bonds is 6. The molecule has 0 fully saturated rings. The minimum atomic E-state index is -0.415. The van der Waals surface area contributed by atoms with Crippen molar-refractivity contribution >= 4 is 17.7 Å². The van der Waals surface area contributed by atoms with Crippen LogP contribution >= 0.6 is 0 Å². The molecule has 21 heavy (non-hydrogen) atoms. The predicted molar refractivity (Wildman–Crippen MR) is 76.0 cm³/mol. The first-order valence-electron chi connectivity index (χ1n) is 6.77. The number of imide groups is 1. The Morgan fingerprint density at radius 1 is 1.24 bits per heavy atom. The second kappa shape index (κ2) is 6.49. The van der Waals surface area contributed by atoms with Crippen molar-refractivity contribution in [1.82, 2.24) is 10.2 Å². The molecule has 0 saturated carbocycles. The first kappa shape index (κ1) is 15.2. The van der Waals surface area contributed by atoms with Gasteiger partial charge in [-0.05, 0) is 25.5 Å². The second-order valence-corrected chi connectivity index (χ2v) is 4.94. The summed E-state index contributed by atoms with van der Waals surface area (Å²) < 4.78 is 4.87. The predicted octanol–water partition coefficient (Wildman–Crippen LogP) is 0.744. The van der Waals surface area contributed by atoms with Gasteiger partial charge >= 0.3 is 0 Å². The van der Waals surface area contributed by atoms with Crippen molar-refractivity contribution in [1.29, 1.82) is 0 Å². The van der Waals surface area contributed by atoms with E-state index in [1.807, 2.05) is 6.92 Å². The fourth-order valence-electron chi connectivity index (χ4n) is 2.19. The highest BCUT2D eigenvalue weighted by atomic mass is 16.5. The van der Waals surface area contributed by atoms with E-state index in [9.17, 15) is 14.4 Å². The van der Waals surface area contributed by atoms with Gasteiger partial charge in [-0.2, -0.15) is 0 Å². The van der Waals surface area contributed by atoms with Crippen LogP contribution in [-0.4, -0.2) is 49.4 Å². The van der Waals surface area contributed by atoms with Gasteiger partial charge in [0, 0.05) is 20.3 Å². The maximum absolute atomic E-state index is 12.2. The Morgan fingerprint density at radius 2 is 1.95 bits per heavy atom. The van der Waals surface area contributed by atoms with Crippen LogP contribution in [0.15, 0.2) is 18.2 Å². The van der Waals surface area contributed by atoms with Gasteiger partial charge in [-0.3, -0.25) is 19.3 Å². The lowest BCUT2D eigenvalue weighted by Gasteiger charge is -2.13. The zero-order valence-corrected chi connectivity index (χ0v) is 12.1. The number of hydrogen-bond acceptors (Lipinski definition) is 4. The lowest BCUT2D eigenvalue weighted by Crippen LogP contribution is -2.40. The van der Waals surface area contributed by atoms with Crippen LogP contribution < -0.4 is 5.32 Å². The molecule has 0 radical (unpaired) electrons. The Kier molecular flexibility index (Phi) is 4.70. The Morgan fingerprint density at radius 3 is 2.67 bits per heavy atom. The number of carbonyl (C=O) groups is 3. The monoisotopic (exact) mass is 290 g/mol. The average Bonchev–Trinajstić information content (AvgIpc) is 2.68. The van der Waals surface area contributed by atoms with E-state index in [0.29, 0.717) is 30.7 Å². The van der Waals surface area contributed by atoms with Gasteiger partial charge in [0.25, 0.3) is 11.8 Å². The standard InChI is InChI=1S/C15H18N2O4/c1-10-4-5-11-12(8-10)15(20)17(14(11)19)9-13(18)16-6-3-7-21-2/h4-5,8H,3,6-7,9H2,1-2H3,(H,16,18). The van der Waals surface area contributed by atoms with Crippen molar-refractivity contribution in [2.24, 2.45) is 0 Å². The Balaban J connectivity index is 1.98. The van der Waals surface area contributed by atoms with Crippen LogP contribution in [0.4, 0.5) is 0 Å². The largest absolute Gasteiger partial charge is 0.385 e. The third-order valence-corrected chi connectivity index (χ3v) is 3.28. The number of methoxy groups -OCH3 is 1. The number of hydrogen-bond donors (Lipinski definition) is 1. The van der Waals surface area contributed by atoms with Crippen LogP contribution in [0.5, 0.6) is 0 Å². The molecule has 3 amide bonds. The molecule has 6 heteroatoms. The molecule has 0 aromatic heterocycles. The first-order valence-corrected chi connectivity index (χ1v) is 6.77. The molecule has 0 atom stereocenters. The summed E-state index contributed by atoms with van der Waals surface area (Å²) in [7, 11) is 1.59. The van der Waals surface area contributed by atoms with Crippen molar-refractivity contribution in [3.8, 4) is 0 Å². The highest BCUT2D eigenvalue weighted by molar-refractivity contribution is 6.22. The molecule has 0 spiro atoms. The number of ether oxygens (including phenoxy) is 1. The summed E-state index contributed by atoms with van der Waals surface area (Å²) in [6, 6.07) is 5.08. The van der Waals surface area contributed by atoms with Gasteiger partial charge in [-0.1, -0.05) is 11.6 Å². The third-order valence-electron chi connectivity index (χ3n) is 3.28. The molecule has 6 nitrogen and oxygen atoms in total. The lowest BCUT2D eigenvalue weighted by atomic mass is 10.1. The van der Waals surface area contributed by atoms with E-state index in [1.54, 1.807) is 25.3 Å². The zero-order valence-electron chi connectivity index (χ0n) is 12.1. The minimum absolute atomic E-state index is 0.252. The number of aryl methyl sites for hydroxylation is 1. The number of nitrogens with zero attached hydrogens (tertiary/aromatic N) is 1. The Hall–Kier alpha value is -2.21. The number of nitrogens with one attached hydrogen (secondary N) is 1. The summed E-state index contributed by atoms with van der Waals surface area (Å²) in [5.41, 5.74) is 1.63. The molecule has 1 aliphatic rings. The number of carbonyl (C=O) groups excluding carboxylic acids is 3. The van der Waals surface area contributed by atoms with Crippen molar-refractivity contribution < 1.29 is 19.1 Å². The molecule has 1 heterocycles. The van der Waals surface area contributed by atoms with Crippen LogP contribution in [-0.2, 0) is 9.53 Å². The molecule has 0 bridgehead atoms. The van der Waals surface area contributed by atoms with Gasteiger partial charge in [0.05, 0.1) is 11.1 Å². The molecule has 0 aliphatic carbocycles. The molecule has 1 N–H and O–H groups in total. The van der Waals surface area contributed by atoms with E-state index < -0.39 is 11.8 Å². The molecule has 1 aromatic rings. The van der Waals surface area contributed by atoms with E-state index in [0.717, 1.165) is 10.5 Å². The molecule has 112 valence electrons. The third kappa shape index (κ3) is 3.28. The first-order chi connectivity index (χ1) is 10.0. The molecule has 1 aromatic carbocycles. The van der Waals surface area contributed by atoms with E-state index in [1.165, 1.54) is 0 Å². The fourth-order valence-corrected chi connectivity index (χ4v) is 2.19. The molecular weight excluding hydrogens is 272 g/mol. The number of amides is 3.